The van der Waals surface area contributed by atoms with E-state index in [2.05, 4.69) is 17.0 Å². The number of aromatic nitrogens is 1. The number of allylic oxidation sites excluding steroid dienone is 1. The Morgan fingerprint density at radius 1 is 1.16 bits per heavy atom. The van der Waals surface area contributed by atoms with Crippen LogP contribution in [0.4, 0.5) is 5.82 Å². The number of hydrogen-bond acceptors (Lipinski definition) is 10. The Morgan fingerprint density at radius 3 is 2.58 bits per heavy atom. The van der Waals surface area contributed by atoms with Crippen molar-refractivity contribution in [3.63, 3.8) is 0 Å². The average molecular weight is 711 g/mol. The highest BCUT2D eigenvalue weighted by Crippen LogP contribution is 2.47. The molecule has 272 valence electrons. The lowest BCUT2D eigenvalue weighted by Gasteiger charge is -2.30. The molecule has 13 nitrogen and oxygen atoms in total. The van der Waals surface area contributed by atoms with E-state index < -0.39 is 56.2 Å². The van der Waals surface area contributed by atoms with Gasteiger partial charge in [-0.2, -0.15) is 4.98 Å². The number of fused-ring (bicyclic) bond motifs is 3. The molecule has 2 aliphatic heterocycles. The fraction of sp³-hybridized carbons (Fsp3) is 0.611. The number of nitrogens with zero attached hydrogens (tertiary/aromatic N) is 3. The van der Waals surface area contributed by atoms with Gasteiger partial charge in [0.15, 0.2) is 0 Å². The number of carbonyl (C=O) groups is 3. The van der Waals surface area contributed by atoms with Crippen LogP contribution in [0.3, 0.4) is 0 Å². The van der Waals surface area contributed by atoms with Crippen molar-refractivity contribution in [2.75, 3.05) is 32.6 Å². The molecule has 3 fully saturated rings. The SMILES string of the molecule is COc1ccc2c(O[C@@H]3C[C@H]4C(=O)N[C@]5(C(=O)NS(=O)(=O)C6(C)CC6)C[C@H]5C=CCCC(C)C[C@@H](C)[C@H](N)C(=O)N4C3)nc(N(C)C)cc2c1. The Bertz CT molecular complexity index is 1810. The molecule has 50 heavy (non-hydrogen) atoms. The highest BCUT2D eigenvalue weighted by Gasteiger charge is 2.63. The summed E-state index contributed by atoms with van der Waals surface area (Å²) in [6, 6.07) is 5.63. The summed E-state index contributed by atoms with van der Waals surface area (Å²) in [5.74, 6) is -0.264. The first kappa shape index (κ1) is 35.9. The van der Waals surface area contributed by atoms with Gasteiger partial charge in [0.1, 0.15) is 29.3 Å². The van der Waals surface area contributed by atoms with E-state index in [1.807, 2.05) is 62.3 Å². The van der Waals surface area contributed by atoms with Gasteiger partial charge in [-0.25, -0.2) is 8.42 Å². The first-order valence-electron chi connectivity index (χ1n) is 17.5. The number of sulfonamides is 1. The van der Waals surface area contributed by atoms with Gasteiger partial charge in [0.05, 0.1) is 24.4 Å². The molecule has 6 rings (SSSR count). The topological polar surface area (TPSA) is 173 Å². The fourth-order valence-electron chi connectivity index (χ4n) is 7.21. The zero-order valence-corrected chi connectivity index (χ0v) is 30.6. The van der Waals surface area contributed by atoms with E-state index in [9.17, 15) is 22.8 Å². The second-order valence-corrected chi connectivity index (χ2v) is 17.5. The predicted octanol–water partition coefficient (Wildman–Crippen LogP) is 2.87. The lowest BCUT2D eigenvalue weighted by atomic mass is 9.88. The smallest absolute Gasteiger partial charge is 0.259 e. The van der Waals surface area contributed by atoms with E-state index in [0.29, 0.717) is 30.3 Å². The number of nitrogens with two attached hydrogens (primary N) is 1. The molecule has 7 atom stereocenters. The summed E-state index contributed by atoms with van der Waals surface area (Å²) in [6.07, 6.45) is 6.90. The van der Waals surface area contributed by atoms with E-state index in [-0.39, 0.29) is 37.1 Å². The number of carbonyl (C=O) groups excluding carboxylic acids is 3. The van der Waals surface area contributed by atoms with Gasteiger partial charge in [0, 0.05) is 31.8 Å². The summed E-state index contributed by atoms with van der Waals surface area (Å²) < 4.78 is 39.4. The minimum Gasteiger partial charge on any atom is -0.497 e. The molecule has 14 heteroatoms. The van der Waals surface area contributed by atoms with E-state index in [0.717, 1.165) is 30.0 Å². The molecular formula is C36H50N6O7S. The molecule has 3 amide bonds. The predicted molar refractivity (Wildman–Crippen MR) is 190 cm³/mol. The van der Waals surface area contributed by atoms with E-state index in [4.69, 9.17) is 20.2 Å². The summed E-state index contributed by atoms with van der Waals surface area (Å²) >= 11 is 0. The van der Waals surface area contributed by atoms with Crippen LogP contribution in [0.15, 0.2) is 36.4 Å². The largest absolute Gasteiger partial charge is 0.497 e. The molecule has 0 bridgehead atoms. The molecular weight excluding hydrogens is 660 g/mol. The Hall–Kier alpha value is -3.91. The van der Waals surface area contributed by atoms with E-state index in [1.54, 1.807) is 14.0 Å². The minimum absolute atomic E-state index is 0.0771. The van der Waals surface area contributed by atoms with Gasteiger partial charge in [-0.1, -0.05) is 26.0 Å². The third kappa shape index (κ3) is 6.88. The standard InChI is InChI=1S/C36H50N6O7S/c1-21-9-7-8-10-24-19-36(24,34(45)40-50(46,47)35(3)13-14-35)39-31(43)28-18-26(20-42(28)33(44)30(37)22(2)15-21)49-32-27-12-11-25(48-6)16-23(27)17-29(38-32)41(4)5/h8,10-12,16-17,21-22,24,26,28,30H,7,9,13-15,18-20,37H2,1-6H3,(H,39,43)(H,40,45)/t21?,22-,24-,26-,28+,30+,36-/m1/s1. The van der Waals surface area contributed by atoms with Gasteiger partial charge in [-0.15, -0.1) is 0 Å². The highest BCUT2D eigenvalue weighted by molar-refractivity contribution is 7.91. The summed E-state index contributed by atoms with van der Waals surface area (Å²) in [5.41, 5.74) is 5.15. The second-order valence-electron chi connectivity index (χ2n) is 15.3. The third-order valence-corrected chi connectivity index (χ3v) is 13.2. The number of ether oxygens (including phenoxy) is 2. The summed E-state index contributed by atoms with van der Waals surface area (Å²) in [5, 5.41) is 4.50. The van der Waals surface area contributed by atoms with Crippen molar-refractivity contribution in [3.8, 4) is 11.6 Å². The van der Waals surface area contributed by atoms with Crippen LogP contribution in [-0.2, 0) is 24.4 Å². The molecule has 1 aromatic heterocycles. The number of methoxy groups -OCH3 is 1. The van der Waals surface area contributed by atoms with Crippen LogP contribution < -0.4 is 30.1 Å². The van der Waals surface area contributed by atoms with Crippen LogP contribution in [0, 0.1) is 17.8 Å². The Balaban J connectivity index is 1.32. The molecule has 1 unspecified atom stereocenters. The van der Waals surface area contributed by atoms with Crippen molar-refractivity contribution in [2.24, 2.45) is 23.5 Å². The number of pyridine rings is 1. The summed E-state index contributed by atoms with van der Waals surface area (Å²) in [4.78, 5) is 50.3. The number of benzene rings is 1. The quantitative estimate of drug-likeness (QED) is 0.363. The van der Waals surface area contributed by atoms with Gasteiger partial charge in [0.2, 0.25) is 27.7 Å². The molecule has 1 saturated heterocycles. The summed E-state index contributed by atoms with van der Waals surface area (Å²) in [7, 11) is 1.40. The molecule has 4 aliphatic rings. The number of rotatable bonds is 7. The van der Waals surface area contributed by atoms with E-state index >= 15 is 0 Å². The first-order valence-corrected chi connectivity index (χ1v) is 19.0. The van der Waals surface area contributed by atoms with Crippen molar-refractivity contribution in [1.82, 2.24) is 19.9 Å². The van der Waals surface area contributed by atoms with Crippen LogP contribution >= 0.6 is 0 Å². The lowest BCUT2D eigenvalue weighted by Crippen LogP contribution is -2.58. The van der Waals surface area contributed by atoms with Gasteiger partial charge >= 0.3 is 0 Å². The molecule has 1 aromatic carbocycles. The van der Waals surface area contributed by atoms with Gasteiger partial charge in [-0.3, -0.25) is 19.1 Å². The van der Waals surface area contributed by atoms with Gasteiger partial charge in [0.25, 0.3) is 5.91 Å². The van der Waals surface area contributed by atoms with Crippen molar-refractivity contribution < 1.29 is 32.3 Å². The maximum Gasteiger partial charge on any atom is 0.259 e. The normalized spacial score (nSPS) is 31.1. The summed E-state index contributed by atoms with van der Waals surface area (Å²) in [6.45, 7) is 5.77. The Morgan fingerprint density at radius 2 is 1.90 bits per heavy atom. The van der Waals surface area contributed by atoms with Crippen molar-refractivity contribution >= 4 is 44.3 Å². The maximum atomic E-state index is 14.3. The molecule has 3 heterocycles. The highest BCUT2D eigenvalue weighted by atomic mass is 32.2. The molecule has 4 N–H and O–H groups in total. The number of hydrogen-bond donors (Lipinski definition) is 3. The monoisotopic (exact) mass is 710 g/mol. The molecule has 0 spiro atoms. The maximum absolute atomic E-state index is 14.3. The first-order chi connectivity index (χ1) is 23.6. The number of nitrogens with one attached hydrogen (secondary N) is 2. The van der Waals surface area contributed by atoms with E-state index in [1.165, 1.54) is 4.90 Å². The van der Waals surface area contributed by atoms with Crippen LogP contribution in [0.1, 0.15) is 65.7 Å². The minimum atomic E-state index is -3.95. The Labute approximate surface area is 294 Å². The van der Waals surface area contributed by atoms with Crippen LogP contribution in [0.25, 0.3) is 10.8 Å². The molecule has 2 aromatic rings. The zero-order chi connectivity index (χ0) is 36.2. The van der Waals surface area contributed by atoms with Gasteiger partial charge in [-0.05, 0) is 86.9 Å². The lowest BCUT2D eigenvalue weighted by molar-refractivity contribution is -0.141. The van der Waals surface area contributed by atoms with Crippen molar-refractivity contribution in [2.45, 2.75) is 94.2 Å². The third-order valence-electron chi connectivity index (χ3n) is 11.0. The van der Waals surface area contributed by atoms with Gasteiger partial charge < -0.3 is 30.3 Å². The average Bonchev–Trinajstić information content (AvgIpc) is 3.95. The molecule has 2 aliphatic carbocycles. The second kappa shape index (κ2) is 13.3. The van der Waals surface area contributed by atoms with Crippen LogP contribution in [-0.4, -0.2) is 92.2 Å². The molecule has 0 radical (unpaired) electrons. The van der Waals surface area contributed by atoms with Crippen LogP contribution in [0.2, 0.25) is 0 Å². The fourth-order valence-corrected chi connectivity index (χ4v) is 8.52. The Kier molecular flexibility index (Phi) is 9.57. The van der Waals surface area contributed by atoms with Crippen molar-refractivity contribution in [1.29, 1.82) is 0 Å². The number of anilines is 1. The van der Waals surface area contributed by atoms with Crippen molar-refractivity contribution in [3.05, 3.63) is 36.4 Å². The van der Waals surface area contributed by atoms with Crippen LogP contribution in [0.5, 0.6) is 11.6 Å². The number of amides is 3. The zero-order valence-electron chi connectivity index (χ0n) is 29.8. The molecule has 2 saturated carbocycles.